The highest BCUT2D eigenvalue weighted by molar-refractivity contribution is 6.12. The van der Waals surface area contributed by atoms with Crippen molar-refractivity contribution in [1.82, 2.24) is 4.57 Å². The first-order valence-corrected chi connectivity index (χ1v) is 11.2. The SMILES string of the molecule is C=Cc1ccc(C(=NC=NC(C)C)Nc2cc(-n3c(C)c(C)c(C)c3C)ccc2F)c(C)c1. The monoisotopic (exact) mass is 444 g/mol. The molecule has 0 spiro atoms. The normalized spacial score (nSPS) is 12.1. The van der Waals surface area contributed by atoms with Crippen LogP contribution in [-0.4, -0.2) is 22.8 Å². The fourth-order valence-electron chi connectivity index (χ4n) is 3.87. The second-order valence-electron chi connectivity index (χ2n) is 8.66. The van der Waals surface area contributed by atoms with E-state index in [9.17, 15) is 4.39 Å². The lowest BCUT2D eigenvalue weighted by molar-refractivity contribution is 0.631. The van der Waals surface area contributed by atoms with E-state index in [0.29, 0.717) is 11.5 Å². The van der Waals surface area contributed by atoms with Gasteiger partial charge < -0.3 is 9.88 Å². The summed E-state index contributed by atoms with van der Waals surface area (Å²) in [6.07, 6.45) is 3.33. The van der Waals surface area contributed by atoms with Crippen LogP contribution in [0.2, 0.25) is 0 Å². The number of aryl methyl sites for hydroxylation is 1. The summed E-state index contributed by atoms with van der Waals surface area (Å²) in [5.41, 5.74) is 8.96. The van der Waals surface area contributed by atoms with E-state index in [1.54, 1.807) is 12.1 Å². The molecule has 5 heteroatoms. The summed E-state index contributed by atoms with van der Waals surface area (Å²) in [6, 6.07) is 11.2. The average molecular weight is 445 g/mol. The number of anilines is 1. The highest BCUT2D eigenvalue weighted by atomic mass is 19.1. The molecule has 0 aliphatic heterocycles. The molecule has 3 aromatic rings. The first-order chi connectivity index (χ1) is 15.6. The summed E-state index contributed by atoms with van der Waals surface area (Å²) in [6.45, 7) is 18.2. The highest BCUT2D eigenvalue weighted by Crippen LogP contribution is 2.28. The summed E-state index contributed by atoms with van der Waals surface area (Å²) < 4.78 is 17.1. The summed E-state index contributed by atoms with van der Waals surface area (Å²) >= 11 is 0. The molecule has 3 rings (SSSR count). The van der Waals surface area contributed by atoms with Gasteiger partial charge in [-0.2, -0.15) is 0 Å². The van der Waals surface area contributed by atoms with Gasteiger partial charge in [-0.05, 0) is 88.9 Å². The van der Waals surface area contributed by atoms with Crippen molar-refractivity contribution in [3.8, 4) is 5.69 Å². The lowest BCUT2D eigenvalue weighted by Crippen LogP contribution is -2.17. The molecule has 4 nitrogen and oxygen atoms in total. The molecule has 0 bridgehead atoms. The lowest BCUT2D eigenvalue weighted by Gasteiger charge is -2.16. The Morgan fingerprint density at radius 2 is 1.67 bits per heavy atom. The molecule has 0 saturated heterocycles. The summed E-state index contributed by atoms with van der Waals surface area (Å²) in [4.78, 5) is 8.91. The molecule has 0 atom stereocenters. The molecular weight excluding hydrogens is 411 g/mol. The fraction of sp³-hybridized carbons (Fsp3) is 0.286. The first kappa shape index (κ1) is 24.2. The van der Waals surface area contributed by atoms with E-state index < -0.39 is 0 Å². The van der Waals surface area contributed by atoms with Gasteiger partial charge in [-0.1, -0.05) is 30.9 Å². The van der Waals surface area contributed by atoms with Crippen molar-refractivity contribution in [3.05, 3.63) is 88.0 Å². The van der Waals surface area contributed by atoms with Crippen LogP contribution in [-0.2, 0) is 0 Å². The maximum Gasteiger partial charge on any atom is 0.146 e. The van der Waals surface area contributed by atoms with Crippen molar-refractivity contribution < 1.29 is 4.39 Å². The molecular formula is C28H33FN4. The number of benzene rings is 2. The maximum atomic E-state index is 14.9. The fourth-order valence-corrected chi connectivity index (χ4v) is 3.87. The number of amidine groups is 1. The minimum atomic E-state index is -0.344. The van der Waals surface area contributed by atoms with Gasteiger partial charge in [0, 0.05) is 28.7 Å². The summed E-state index contributed by atoms with van der Waals surface area (Å²) in [7, 11) is 0. The van der Waals surface area contributed by atoms with E-state index in [1.807, 2.05) is 45.0 Å². The van der Waals surface area contributed by atoms with Crippen LogP contribution in [0.4, 0.5) is 10.1 Å². The molecule has 0 unspecified atom stereocenters. The maximum absolute atomic E-state index is 14.9. The van der Waals surface area contributed by atoms with Crippen LogP contribution in [0.25, 0.3) is 11.8 Å². The van der Waals surface area contributed by atoms with Crippen molar-refractivity contribution in [2.75, 3.05) is 5.32 Å². The Morgan fingerprint density at radius 1 is 1.00 bits per heavy atom. The number of halogens is 1. The Kier molecular flexibility index (Phi) is 7.32. The number of aromatic nitrogens is 1. The van der Waals surface area contributed by atoms with Crippen LogP contribution in [0.1, 0.15) is 53.1 Å². The molecule has 1 N–H and O–H groups in total. The highest BCUT2D eigenvalue weighted by Gasteiger charge is 2.16. The Balaban J connectivity index is 2.09. The van der Waals surface area contributed by atoms with Crippen LogP contribution < -0.4 is 5.32 Å². The van der Waals surface area contributed by atoms with Gasteiger partial charge in [-0.3, -0.25) is 4.99 Å². The third kappa shape index (κ3) is 5.14. The van der Waals surface area contributed by atoms with Gasteiger partial charge in [0.2, 0.25) is 0 Å². The minimum absolute atomic E-state index is 0.116. The van der Waals surface area contributed by atoms with Gasteiger partial charge in [0.15, 0.2) is 0 Å². The number of rotatable bonds is 6. The predicted molar refractivity (Wildman–Crippen MR) is 140 cm³/mol. The molecule has 2 aromatic carbocycles. The molecule has 172 valence electrons. The average Bonchev–Trinajstić information content (AvgIpc) is 2.97. The Labute approximate surface area is 196 Å². The van der Waals surface area contributed by atoms with E-state index in [4.69, 9.17) is 0 Å². The van der Waals surface area contributed by atoms with Gasteiger partial charge in [0.1, 0.15) is 18.0 Å². The zero-order valence-corrected chi connectivity index (χ0v) is 20.6. The molecule has 0 fully saturated rings. The van der Waals surface area contributed by atoms with Crippen LogP contribution in [0, 0.1) is 40.4 Å². The number of nitrogens with one attached hydrogen (secondary N) is 1. The molecule has 0 aliphatic carbocycles. The number of aliphatic imine (C=N–C) groups is 2. The van der Waals surface area contributed by atoms with Crippen LogP contribution in [0.5, 0.6) is 0 Å². The quantitative estimate of drug-likeness (QED) is 0.320. The number of nitrogens with zero attached hydrogens (tertiary/aromatic N) is 3. The van der Waals surface area contributed by atoms with Gasteiger partial charge in [-0.15, -0.1) is 0 Å². The second kappa shape index (κ2) is 9.99. The molecule has 0 aliphatic rings. The van der Waals surface area contributed by atoms with Crippen molar-refractivity contribution in [2.45, 2.75) is 54.5 Å². The molecule has 1 aromatic heterocycles. The van der Waals surface area contributed by atoms with Crippen molar-refractivity contribution >= 4 is 23.9 Å². The second-order valence-corrected chi connectivity index (χ2v) is 8.66. The largest absolute Gasteiger partial charge is 0.337 e. The molecule has 33 heavy (non-hydrogen) atoms. The van der Waals surface area contributed by atoms with Gasteiger partial charge in [-0.25, -0.2) is 9.38 Å². The number of hydrogen-bond acceptors (Lipinski definition) is 1. The van der Waals surface area contributed by atoms with E-state index in [0.717, 1.165) is 33.8 Å². The molecule has 1 heterocycles. The standard InChI is InChI=1S/C28H33FN4/c1-9-23-10-12-25(18(4)14-23)28(31-16-30-17(2)3)32-27-15-24(11-13-26(27)29)33-21(7)19(5)20(6)22(33)8/h9-17H,1H2,2-8H3,(H,30,31,32). The topological polar surface area (TPSA) is 41.7 Å². The van der Waals surface area contributed by atoms with E-state index >= 15 is 0 Å². The Bertz CT molecular complexity index is 1220. The minimum Gasteiger partial charge on any atom is -0.337 e. The molecule has 0 amide bonds. The smallest absolute Gasteiger partial charge is 0.146 e. The third-order valence-electron chi connectivity index (χ3n) is 6.07. The Hall–Kier alpha value is -3.47. The lowest BCUT2D eigenvalue weighted by atomic mass is 10.0. The van der Waals surface area contributed by atoms with E-state index in [1.165, 1.54) is 23.5 Å². The van der Waals surface area contributed by atoms with Crippen LogP contribution in [0.3, 0.4) is 0 Å². The molecule has 0 radical (unpaired) electrons. The van der Waals surface area contributed by atoms with Gasteiger partial charge in [0.05, 0.1) is 5.69 Å². The van der Waals surface area contributed by atoms with Gasteiger partial charge >= 0.3 is 0 Å². The van der Waals surface area contributed by atoms with Crippen molar-refractivity contribution in [1.29, 1.82) is 0 Å². The van der Waals surface area contributed by atoms with Crippen LogP contribution >= 0.6 is 0 Å². The zero-order valence-electron chi connectivity index (χ0n) is 20.6. The summed E-state index contributed by atoms with van der Waals surface area (Å²) in [5, 5.41) is 3.23. The van der Waals surface area contributed by atoms with Crippen molar-refractivity contribution in [2.24, 2.45) is 9.98 Å². The van der Waals surface area contributed by atoms with Crippen LogP contribution in [0.15, 0.2) is 53.0 Å². The Morgan fingerprint density at radius 3 is 2.24 bits per heavy atom. The zero-order chi connectivity index (χ0) is 24.3. The third-order valence-corrected chi connectivity index (χ3v) is 6.07. The summed E-state index contributed by atoms with van der Waals surface area (Å²) in [5.74, 6) is 0.195. The van der Waals surface area contributed by atoms with Crippen molar-refractivity contribution in [3.63, 3.8) is 0 Å². The molecule has 0 saturated carbocycles. The van der Waals surface area contributed by atoms with E-state index in [-0.39, 0.29) is 11.9 Å². The van der Waals surface area contributed by atoms with Gasteiger partial charge in [0.25, 0.3) is 0 Å². The predicted octanol–water partition coefficient (Wildman–Crippen LogP) is 7.10. The first-order valence-electron chi connectivity index (χ1n) is 11.2. The van der Waals surface area contributed by atoms with E-state index in [2.05, 4.69) is 54.1 Å². The number of hydrogen-bond donors (Lipinski definition) is 1.